The van der Waals surface area contributed by atoms with E-state index in [9.17, 15) is 0 Å². The predicted octanol–water partition coefficient (Wildman–Crippen LogP) is 3.46. The Morgan fingerprint density at radius 3 is 2.80 bits per heavy atom. The minimum Gasteiger partial charge on any atom is -0.294 e. The molecule has 1 aliphatic rings. The van der Waals surface area contributed by atoms with E-state index in [-0.39, 0.29) is 0 Å². The van der Waals surface area contributed by atoms with Gasteiger partial charge in [-0.15, -0.1) is 0 Å². The van der Waals surface area contributed by atoms with Crippen molar-refractivity contribution >= 4 is 21.6 Å². The average Bonchev–Trinajstić information content (AvgIpc) is 2.86. The molecule has 1 saturated carbocycles. The topological polar surface area (TPSA) is 17.3 Å². The van der Waals surface area contributed by atoms with Crippen LogP contribution in [-0.4, -0.2) is 9.38 Å². The maximum absolute atomic E-state index is 4.70. The van der Waals surface area contributed by atoms with Crippen molar-refractivity contribution in [2.75, 3.05) is 0 Å². The van der Waals surface area contributed by atoms with Gasteiger partial charge < -0.3 is 0 Å². The van der Waals surface area contributed by atoms with E-state index in [0.717, 1.165) is 10.3 Å². The van der Waals surface area contributed by atoms with E-state index < -0.39 is 0 Å². The van der Waals surface area contributed by atoms with Gasteiger partial charge in [0.05, 0.1) is 5.69 Å². The van der Waals surface area contributed by atoms with Crippen LogP contribution in [0, 0.1) is 6.92 Å². The van der Waals surface area contributed by atoms with Gasteiger partial charge in [0.1, 0.15) is 10.3 Å². The fourth-order valence-electron chi connectivity index (χ4n) is 1.93. The maximum atomic E-state index is 4.70. The quantitative estimate of drug-likeness (QED) is 0.771. The largest absolute Gasteiger partial charge is 0.294 e. The zero-order valence-corrected chi connectivity index (χ0v) is 10.5. The zero-order chi connectivity index (χ0) is 10.6. The molecular formula is C12H13BrN2. The molecule has 1 aliphatic carbocycles. The van der Waals surface area contributed by atoms with Gasteiger partial charge in [-0.25, -0.2) is 4.98 Å². The third kappa shape index (κ3) is 1.33. The molecule has 15 heavy (non-hydrogen) atoms. The first-order chi connectivity index (χ1) is 7.10. The number of rotatable bonds is 1. The molecule has 0 aliphatic heterocycles. The minimum atomic E-state index is 0.318. The highest BCUT2D eigenvalue weighted by molar-refractivity contribution is 9.10. The number of aromatic nitrogens is 2. The number of hydrogen-bond donors (Lipinski definition) is 0. The van der Waals surface area contributed by atoms with E-state index in [2.05, 4.69) is 52.5 Å². The van der Waals surface area contributed by atoms with Crippen molar-refractivity contribution in [1.29, 1.82) is 0 Å². The standard InChI is InChI=1S/C12H13BrN2/c1-8-3-4-9-14-10(12(2)5-6-12)11(13)15(9)7-8/h3-4,7H,5-6H2,1-2H3. The van der Waals surface area contributed by atoms with Gasteiger partial charge in [-0.1, -0.05) is 13.0 Å². The van der Waals surface area contributed by atoms with Crippen LogP contribution in [-0.2, 0) is 5.41 Å². The zero-order valence-electron chi connectivity index (χ0n) is 8.92. The van der Waals surface area contributed by atoms with E-state index in [1.54, 1.807) is 0 Å². The highest BCUT2D eigenvalue weighted by Crippen LogP contribution is 2.49. The fraction of sp³-hybridized carbons (Fsp3) is 0.417. The Morgan fingerprint density at radius 2 is 2.13 bits per heavy atom. The van der Waals surface area contributed by atoms with Crippen molar-refractivity contribution in [3.63, 3.8) is 0 Å². The van der Waals surface area contributed by atoms with Gasteiger partial charge >= 0.3 is 0 Å². The molecule has 0 bridgehead atoms. The Labute approximate surface area is 97.5 Å². The monoisotopic (exact) mass is 264 g/mol. The van der Waals surface area contributed by atoms with Crippen LogP contribution in [0.1, 0.15) is 31.0 Å². The summed E-state index contributed by atoms with van der Waals surface area (Å²) in [6.45, 7) is 4.39. The number of fused-ring (bicyclic) bond motifs is 1. The number of imidazole rings is 1. The van der Waals surface area contributed by atoms with Crippen LogP contribution in [0.4, 0.5) is 0 Å². The second-order valence-electron chi connectivity index (χ2n) is 4.75. The third-order valence-electron chi connectivity index (χ3n) is 3.28. The Kier molecular flexibility index (Phi) is 1.78. The summed E-state index contributed by atoms with van der Waals surface area (Å²) >= 11 is 3.66. The van der Waals surface area contributed by atoms with Crippen molar-refractivity contribution in [3.8, 4) is 0 Å². The second kappa shape index (κ2) is 2.85. The summed E-state index contributed by atoms with van der Waals surface area (Å²) in [5.74, 6) is 0. The van der Waals surface area contributed by atoms with E-state index in [1.807, 2.05) is 0 Å². The SMILES string of the molecule is Cc1ccc2nc(C3(C)CC3)c(Br)n2c1. The second-order valence-corrected chi connectivity index (χ2v) is 5.50. The lowest BCUT2D eigenvalue weighted by molar-refractivity contribution is 0.752. The van der Waals surface area contributed by atoms with Crippen LogP contribution in [0.15, 0.2) is 22.9 Å². The molecule has 0 atom stereocenters. The lowest BCUT2D eigenvalue weighted by atomic mass is 10.1. The highest BCUT2D eigenvalue weighted by Gasteiger charge is 2.43. The van der Waals surface area contributed by atoms with Gasteiger partial charge in [-0.05, 0) is 47.3 Å². The van der Waals surface area contributed by atoms with Gasteiger partial charge in [0.15, 0.2) is 0 Å². The molecule has 2 heterocycles. The molecule has 0 spiro atoms. The van der Waals surface area contributed by atoms with Crippen LogP contribution in [0.3, 0.4) is 0 Å². The predicted molar refractivity (Wildman–Crippen MR) is 64.2 cm³/mol. The number of halogens is 1. The molecule has 2 nitrogen and oxygen atoms in total. The average molecular weight is 265 g/mol. The molecule has 0 aromatic carbocycles. The van der Waals surface area contributed by atoms with E-state index in [1.165, 1.54) is 24.1 Å². The van der Waals surface area contributed by atoms with Crippen LogP contribution >= 0.6 is 15.9 Å². The van der Waals surface area contributed by atoms with Crippen molar-refractivity contribution in [3.05, 3.63) is 34.2 Å². The first-order valence-corrected chi connectivity index (χ1v) is 6.04. The fourth-order valence-corrected chi connectivity index (χ4v) is 2.78. The van der Waals surface area contributed by atoms with E-state index >= 15 is 0 Å². The molecule has 0 N–H and O–H groups in total. The summed E-state index contributed by atoms with van der Waals surface area (Å²) in [7, 11) is 0. The number of hydrogen-bond acceptors (Lipinski definition) is 1. The number of aryl methyl sites for hydroxylation is 1. The Balaban J connectivity index is 2.29. The molecule has 3 rings (SSSR count). The Bertz CT molecular complexity index is 538. The van der Waals surface area contributed by atoms with Crippen LogP contribution in [0.5, 0.6) is 0 Å². The maximum Gasteiger partial charge on any atom is 0.137 e. The molecule has 2 aromatic heterocycles. The van der Waals surface area contributed by atoms with Crippen molar-refractivity contribution in [2.45, 2.75) is 32.1 Å². The van der Waals surface area contributed by atoms with Gasteiger partial charge in [0.2, 0.25) is 0 Å². The summed E-state index contributed by atoms with van der Waals surface area (Å²) in [5, 5.41) is 0. The van der Waals surface area contributed by atoms with Gasteiger partial charge in [-0.3, -0.25) is 4.40 Å². The minimum absolute atomic E-state index is 0.318. The molecule has 0 radical (unpaired) electrons. The summed E-state index contributed by atoms with van der Waals surface area (Å²) in [5.41, 5.74) is 3.83. The van der Waals surface area contributed by atoms with E-state index in [0.29, 0.717) is 5.41 Å². The summed E-state index contributed by atoms with van der Waals surface area (Å²) in [6, 6.07) is 4.18. The molecule has 0 unspecified atom stereocenters. The van der Waals surface area contributed by atoms with Crippen molar-refractivity contribution in [1.82, 2.24) is 9.38 Å². The summed E-state index contributed by atoms with van der Waals surface area (Å²) in [6.07, 6.45) is 4.64. The molecule has 1 fully saturated rings. The van der Waals surface area contributed by atoms with Gasteiger partial charge in [0, 0.05) is 11.6 Å². The molecule has 2 aromatic rings. The van der Waals surface area contributed by atoms with Crippen molar-refractivity contribution < 1.29 is 0 Å². The lowest BCUT2D eigenvalue weighted by Gasteiger charge is -2.03. The Morgan fingerprint density at radius 1 is 1.40 bits per heavy atom. The van der Waals surface area contributed by atoms with Crippen LogP contribution in [0.25, 0.3) is 5.65 Å². The first-order valence-electron chi connectivity index (χ1n) is 5.25. The van der Waals surface area contributed by atoms with Gasteiger partial charge in [0.25, 0.3) is 0 Å². The molecular weight excluding hydrogens is 252 g/mol. The number of pyridine rings is 1. The normalized spacial score (nSPS) is 18.3. The summed E-state index contributed by atoms with van der Waals surface area (Å²) in [4.78, 5) is 4.70. The lowest BCUT2D eigenvalue weighted by Crippen LogP contribution is -2.00. The Hall–Kier alpha value is -0.830. The van der Waals surface area contributed by atoms with Crippen LogP contribution < -0.4 is 0 Å². The molecule has 0 amide bonds. The molecule has 0 saturated heterocycles. The molecule has 78 valence electrons. The van der Waals surface area contributed by atoms with Crippen LogP contribution in [0.2, 0.25) is 0 Å². The van der Waals surface area contributed by atoms with E-state index in [4.69, 9.17) is 4.98 Å². The number of nitrogens with zero attached hydrogens (tertiary/aromatic N) is 2. The van der Waals surface area contributed by atoms with Crippen molar-refractivity contribution in [2.24, 2.45) is 0 Å². The first kappa shape index (κ1) is 9.40. The highest BCUT2D eigenvalue weighted by atomic mass is 79.9. The third-order valence-corrected chi connectivity index (χ3v) is 4.04. The summed E-state index contributed by atoms with van der Waals surface area (Å²) < 4.78 is 3.26. The van der Waals surface area contributed by atoms with Gasteiger partial charge in [-0.2, -0.15) is 0 Å². The smallest absolute Gasteiger partial charge is 0.137 e. The molecule has 3 heteroatoms.